The lowest BCUT2D eigenvalue weighted by molar-refractivity contribution is 0.487. The van der Waals surface area contributed by atoms with Gasteiger partial charge in [-0.1, -0.05) is 29.8 Å². The van der Waals surface area contributed by atoms with Crippen LogP contribution in [0.15, 0.2) is 30.3 Å². The van der Waals surface area contributed by atoms with Crippen molar-refractivity contribution in [2.24, 2.45) is 5.73 Å². The van der Waals surface area contributed by atoms with E-state index in [9.17, 15) is 13.2 Å². The summed E-state index contributed by atoms with van der Waals surface area (Å²) >= 11 is 5.63. The molecule has 2 rings (SSSR count). The van der Waals surface area contributed by atoms with Crippen LogP contribution in [0.2, 0.25) is 5.02 Å². The van der Waals surface area contributed by atoms with Gasteiger partial charge in [-0.05, 0) is 24.6 Å². The van der Waals surface area contributed by atoms with Crippen molar-refractivity contribution in [1.82, 2.24) is 0 Å². The summed E-state index contributed by atoms with van der Waals surface area (Å²) in [7, 11) is 0. The second-order valence-electron chi connectivity index (χ2n) is 4.24. The first-order valence-electron chi connectivity index (χ1n) is 5.57. The zero-order chi connectivity index (χ0) is 14.2. The lowest BCUT2D eigenvalue weighted by atomic mass is 9.97. The Kier molecular flexibility index (Phi) is 3.83. The molecule has 0 fully saturated rings. The van der Waals surface area contributed by atoms with Gasteiger partial charge in [0.15, 0.2) is 11.6 Å². The van der Waals surface area contributed by atoms with E-state index in [1.807, 2.05) is 0 Å². The van der Waals surface area contributed by atoms with Crippen LogP contribution >= 0.6 is 11.6 Å². The minimum atomic E-state index is -1.09. The Hall–Kier alpha value is -1.52. The first-order valence-corrected chi connectivity index (χ1v) is 5.94. The van der Waals surface area contributed by atoms with Crippen LogP contribution in [0, 0.1) is 24.4 Å². The Morgan fingerprint density at radius 3 is 2.26 bits per heavy atom. The molecule has 0 spiro atoms. The van der Waals surface area contributed by atoms with Gasteiger partial charge in [0, 0.05) is 16.1 Å². The molecule has 0 aliphatic carbocycles. The van der Waals surface area contributed by atoms with Crippen LogP contribution in [0.4, 0.5) is 13.2 Å². The highest BCUT2D eigenvalue weighted by molar-refractivity contribution is 6.30. The number of hydrogen-bond acceptors (Lipinski definition) is 1. The van der Waals surface area contributed by atoms with Crippen molar-refractivity contribution in [2.45, 2.75) is 13.0 Å². The van der Waals surface area contributed by atoms with E-state index in [0.29, 0.717) is 0 Å². The van der Waals surface area contributed by atoms with Crippen molar-refractivity contribution in [3.63, 3.8) is 0 Å². The third-order valence-electron chi connectivity index (χ3n) is 2.94. The van der Waals surface area contributed by atoms with Crippen molar-refractivity contribution in [3.05, 3.63) is 69.5 Å². The van der Waals surface area contributed by atoms with E-state index in [1.165, 1.54) is 31.2 Å². The summed E-state index contributed by atoms with van der Waals surface area (Å²) in [5, 5.41) is 0.212. The van der Waals surface area contributed by atoms with Gasteiger partial charge in [0.25, 0.3) is 0 Å². The van der Waals surface area contributed by atoms with Crippen LogP contribution in [0.5, 0.6) is 0 Å². The molecule has 0 heterocycles. The molecule has 1 atom stereocenters. The summed E-state index contributed by atoms with van der Waals surface area (Å²) in [6.45, 7) is 1.44. The Morgan fingerprint density at radius 1 is 1.00 bits per heavy atom. The molecule has 1 nitrogen and oxygen atoms in total. The van der Waals surface area contributed by atoms with Crippen LogP contribution in [0.3, 0.4) is 0 Å². The van der Waals surface area contributed by atoms with Crippen molar-refractivity contribution in [2.75, 3.05) is 0 Å². The molecule has 0 aliphatic heterocycles. The van der Waals surface area contributed by atoms with Gasteiger partial charge in [-0.25, -0.2) is 13.2 Å². The maximum atomic E-state index is 13.8. The molecule has 0 saturated carbocycles. The van der Waals surface area contributed by atoms with Gasteiger partial charge in [-0.15, -0.1) is 0 Å². The van der Waals surface area contributed by atoms with E-state index in [0.717, 1.165) is 6.07 Å². The summed E-state index contributed by atoms with van der Waals surface area (Å²) < 4.78 is 41.0. The molecular formula is C14H11ClF3N. The average molecular weight is 286 g/mol. The Labute approximate surface area is 113 Å². The first-order chi connectivity index (χ1) is 8.91. The monoisotopic (exact) mass is 285 g/mol. The highest BCUT2D eigenvalue weighted by atomic mass is 35.5. The second kappa shape index (κ2) is 5.23. The van der Waals surface area contributed by atoms with E-state index in [-0.39, 0.29) is 21.7 Å². The molecule has 2 aromatic rings. The van der Waals surface area contributed by atoms with E-state index < -0.39 is 23.5 Å². The molecule has 0 radical (unpaired) electrons. The summed E-state index contributed by atoms with van der Waals surface area (Å²) in [6, 6.07) is 5.56. The second-order valence-corrected chi connectivity index (χ2v) is 4.68. The number of aryl methyl sites for hydroxylation is 1. The zero-order valence-corrected chi connectivity index (χ0v) is 10.8. The number of rotatable bonds is 2. The third-order valence-corrected chi connectivity index (χ3v) is 3.17. The standard InChI is InChI=1S/C14H11ClF3N/c1-7-2-4-10(13(18)12(7)17)14(19)9-5-3-8(15)6-11(9)16/h2-6,14H,19H2,1H3. The van der Waals surface area contributed by atoms with Crippen LogP contribution < -0.4 is 5.73 Å². The van der Waals surface area contributed by atoms with Gasteiger partial charge >= 0.3 is 0 Å². The van der Waals surface area contributed by atoms with Gasteiger partial charge in [0.2, 0.25) is 0 Å². The lowest BCUT2D eigenvalue weighted by Crippen LogP contribution is -2.16. The maximum absolute atomic E-state index is 13.8. The van der Waals surface area contributed by atoms with Gasteiger partial charge in [0.1, 0.15) is 5.82 Å². The molecule has 0 aliphatic rings. The molecule has 0 bridgehead atoms. The predicted octanol–water partition coefficient (Wildman–Crippen LogP) is 4.11. The normalized spacial score (nSPS) is 12.5. The zero-order valence-electron chi connectivity index (χ0n) is 10.1. The summed E-state index contributed by atoms with van der Waals surface area (Å²) in [5.74, 6) is -2.68. The molecule has 2 N–H and O–H groups in total. The minimum Gasteiger partial charge on any atom is -0.320 e. The quantitative estimate of drug-likeness (QED) is 0.883. The van der Waals surface area contributed by atoms with Gasteiger partial charge in [-0.3, -0.25) is 0 Å². The number of nitrogens with two attached hydrogens (primary N) is 1. The summed E-state index contributed by atoms with van der Waals surface area (Å²) in [4.78, 5) is 0. The molecule has 100 valence electrons. The fourth-order valence-electron chi connectivity index (χ4n) is 1.82. The van der Waals surface area contributed by atoms with Gasteiger partial charge in [0.05, 0.1) is 6.04 Å². The van der Waals surface area contributed by atoms with Crippen molar-refractivity contribution >= 4 is 11.6 Å². The summed E-state index contributed by atoms with van der Waals surface area (Å²) in [6.07, 6.45) is 0. The molecule has 19 heavy (non-hydrogen) atoms. The van der Waals surface area contributed by atoms with E-state index in [1.54, 1.807) is 0 Å². The van der Waals surface area contributed by atoms with Gasteiger partial charge < -0.3 is 5.73 Å². The molecule has 0 saturated heterocycles. The van der Waals surface area contributed by atoms with Crippen LogP contribution in [0.1, 0.15) is 22.7 Å². The molecule has 0 aromatic heterocycles. The molecular weight excluding hydrogens is 275 g/mol. The maximum Gasteiger partial charge on any atom is 0.164 e. The Morgan fingerprint density at radius 2 is 1.63 bits per heavy atom. The van der Waals surface area contributed by atoms with Gasteiger partial charge in [-0.2, -0.15) is 0 Å². The predicted molar refractivity (Wildman–Crippen MR) is 68.5 cm³/mol. The fourth-order valence-corrected chi connectivity index (χ4v) is 1.98. The minimum absolute atomic E-state index is 0.0616. The van der Waals surface area contributed by atoms with E-state index in [2.05, 4.69) is 0 Å². The largest absolute Gasteiger partial charge is 0.320 e. The van der Waals surface area contributed by atoms with Crippen LogP contribution in [0.25, 0.3) is 0 Å². The molecule has 5 heteroatoms. The Balaban J connectivity index is 2.50. The lowest BCUT2D eigenvalue weighted by Gasteiger charge is -2.15. The SMILES string of the molecule is Cc1ccc(C(N)c2ccc(Cl)cc2F)c(F)c1F. The molecule has 2 aromatic carbocycles. The van der Waals surface area contributed by atoms with Crippen LogP contribution in [-0.2, 0) is 0 Å². The molecule has 1 unspecified atom stereocenters. The van der Waals surface area contributed by atoms with Crippen molar-refractivity contribution < 1.29 is 13.2 Å². The molecule has 0 amide bonds. The topological polar surface area (TPSA) is 26.0 Å². The fraction of sp³-hybridized carbons (Fsp3) is 0.143. The number of benzene rings is 2. The Bertz CT molecular complexity index is 628. The third kappa shape index (κ3) is 2.60. The average Bonchev–Trinajstić information content (AvgIpc) is 2.35. The van der Waals surface area contributed by atoms with E-state index >= 15 is 0 Å². The highest BCUT2D eigenvalue weighted by Gasteiger charge is 2.20. The van der Waals surface area contributed by atoms with Crippen molar-refractivity contribution in [1.29, 1.82) is 0 Å². The first kappa shape index (κ1) is 13.9. The summed E-state index contributed by atoms with van der Waals surface area (Å²) in [5.41, 5.74) is 5.94. The van der Waals surface area contributed by atoms with Crippen molar-refractivity contribution in [3.8, 4) is 0 Å². The smallest absolute Gasteiger partial charge is 0.164 e. The van der Waals surface area contributed by atoms with E-state index in [4.69, 9.17) is 17.3 Å². The number of hydrogen-bond donors (Lipinski definition) is 1. The number of halogens is 4. The highest BCUT2D eigenvalue weighted by Crippen LogP contribution is 2.28. The van der Waals surface area contributed by atoms with Crippen LogP contribution in [-0.4, -0.2) is 0 Å².